The van der Waals surface area contributed by atoms with Crippen LogP contribution >= 0.6 is 0 Å². The highest BCUT2D eigenvalue weighted by atomic mass is 16.7. The first-order valence-corrected chi connectivity index (χ1v) is 5.66. The highest BCUT2D eigenvalue weighted by Crippen LogP contribution is 2.21. The lowest BCUT2D eigenvalue weighted by Gasteiger charge is -2.22. The maximum atomic E-state index is 5.52. The quantitative estimate of drug-likeness (QED) is 0.763. The predicted molar refractivity (Wildman–Crippen MR) is 60.9 cm³/mol. The van der Waals surface area contributed by atoms with Gasteiger partial charge >= 0.3 is 0 Å². The third-order valence-corrected chi connectivity index (χ3v) is 2.71. The van der Waals surface area contributed by atoms with Crippen molar-refractivity contribution in [1.29, 1.82) is 0 Å². The molecule has 0 saturated carbocycles. The van der Waals surface area contributed by atoms with E-state index in [1.807, 2.05) is 19.2 Å². The topological polar surface area (TPSA) is 43.4 Å². The van der Waals surface area contributed by atoms with Crippen LogP contribution in [0.25, 0.3) is 0 Å². The molecule has 1 N–H and O–H groups in total. The van der Waals surface area contributed by atoms with Gasteiger partial charge in [0.1, 0.15) is 0 Å². The summed E-state index contributed by atoms with van der Waals surface area (Å²) in [5, 5.41) is 3.35. The molecule has 0 radical (unpaired) electrons. The summed E-state index contributed by atoms with van der Waals surface area (Å²) >= 11 is 0. The van der Waals surface area contributed by atoms with Crippen LogP contribution in [0.4, 0.5) is 0 Å². The Kier molecular flexibility index (Phi) is 3.88. The van der Waals surface area contributed by atoms with E-state index in [1.165, 1.54) is 5.56 Å². The minimum absolute atomic E-state index is 0.387. The molecule has 4 nitrogen and oxygen atoms in total. The predicted octanol–water partition coefficient (Wildman–Crippen LogP) is 1.32. The van der Waals surface area contributed by atoms with Gasteiger partial charge < -0.3 is 14.8 Å². The standard InChI is InChI=1S/C12H18N2O2/c1-12(15-7-8-16-12)4-6-14-10-11-3-2-5-13-9-11/h2-3,5,9,14H,4,6-8,10H2,1H3. The third-order valence-electron chi connectivity index (χ3n) is 2.71. The summed E-state index contributed by atoms with van der Waals surface area (Å²) in [4.78, 5) is 4.07. The zero-order valence-corrected chi connectivity index (χ0v) is 9.61. The van der Waals surface area contributed by atoms with E-state index in [1.54, 1.807) is 6.20 Å². The van der Waals surface area contributed by atoms with E-state index < -0.39 is 0 Å². The molecule has 1 aliphatic rings. The molecule has 0 atom stereocenters. The van der Waals surface area contributed by atoms with Crippen LogP contribution in [0.15, 0.2) is 24.5 Å². The third kappa shape index (κ3) is 3.27. The van der Waals surface area contributed by atoms with E-state index >= 15 is 0 Å². The van der Waals surface area contributed by atoms with Crippen molar-refractivity contribution in [1.82, 2.24) is 10.3 Å². The van der Waals surface area contributed by atoms with E-state index in [0.717, 1.165) is 19.5 Å². The fraction of sp³-hybridized carbons (Fsp3) is 0.583. The van der Waals surface area contributed by atoms with E-state index in [-0.39, 0.29) is 5.79 Å². The molecular weight excluding hydrogens is 204 g/mol. The fourth-order valence-corrected chi connectivity index (χ4v) is 1.75. The van der Waals surface area contributed by atoms with Crippen molar-refractivity contribution < 1.29 is 9.47 Å². The summed E-state index contributed by atoms with van der Waals surface area (Å²) in [7, 11) is 0. The molecule has 1 aliphatic heterocycles. The molecule has 0 aliphatic carbocycles. The number of nitrogens with zero attached hydrogens (tertiary/aromatic N) is 1. The van der Waals surface area contributed by atoms with Gasteiger partial charge in [0.15, 0.2) is 5.79 Å². The lowest BCUT2D eigenvalue weighted by molar-refractivity contribution is -0.145. The maximum absolute atomic E-state index is 5.52. The van der Waals surface area contributed by atoms with Crippen LogP contribution in [0, 0.1) is 0 Å². The van der Waals surface area contributed by atoms with Gasteiger partial charge in [0.25, 0.3) is 0 Å². The highest BCUT2D eigenvalue weighted by molar-refractivity contribution is 5.07. The minimum atomic E-state index is -0.387. The van der Waals surface area contributed by atoms with Gasteiger partial charge in [-0.05, 0) is 18.6 Å². The van der Waals surface area contributed by atoms with Gasteiger partial charge in [-0.1, -0.05) is 6.07 Å². The van der Waals surface area contributed by atoms with Gasteiger partial charge in [-0.25, -0.2) is 0 Å². The van der Waals surface area contributed by atoms with Crippen LogP contribution in [-0.2, 0) is 16.0 Å². The molecule has 1 saturated heterocycles. The van der Waals surface area contributed by atoms with Crippen LogP contribution in [0.3, 0.4) is 0 Å². The Balaban J connectivity index is 1.65. The molecule has 0 spiro atoms. The summed E-state index contributed by atoms with van der Waals surface area (Å²) in [5.41, 5.74) is 1.20. The zero-order chi connectivity index (χ0) is 11.3. The first-order chi connectivity index (χ1) is 7.79. The Morgan fingerprint density at radius 3 is 2.94 bits per heavy atom. The number of hydrogen-bond donors (Lipinski definition) is 1. The highest BCUT2D eigenvalue weighted by Gasteiger charge is 2.29. The molecule has 0 amide bonds. The maximum Gasteiger partial charge on any atom is 0.166 e. The zero-order valence-electron chi connectivity index (χ0n) is 9.61. The summed E-state index contributed by atoms with van der Waals surface area (Å²) in [6.07, 6.45) is 4.52. The van der Waals surface area contributed by atoms with Gasteiger partial charge in [-0.2, -0.15) is 0 Å². The second kappa shape index (κ2) is 5.39. The summed E-state index contributed by atoms with van der Waals surface area (Å²) in [5.74, 6) is -0.387. The largest absolute Gasteiger partial charge is 0.348 e. The van der Waals surface area contributed by atoms with Crippen molar-refractivity contribution >= 4 is 0 Å². The van der Waals surface area contributed by atoms with E-state index in [2.05, 4.69) is 16.4 Å². The minimum Gasteiger partial charge on any atom is -0.348 e. The second-order valence-electron chi connectivity index (χ2n) is 4.12. The van der Waals surface area contributed by atoms with Gasteiger partial charge in [0.2, 0.25) is 0 Å². The van der Waals surface area contributed by atoms with Gasteiger partial charge in [-0.3, -0.25) is 4.98 Å². The monoisotopic (exact) mass is 222 g/mol. The SMILES string of the molecule is CC1(CCNCc2cccnc2)OCCO1. The molecule has 2 heterocycles. The average molecular weight is 222 g/mol. The number of hydrogen-bond acceptors (Lipinski definition) is 4. The van der Waals surface area contributed by atoms with E-state index in [0.29, 0.717) is 13.2 Å². The number of nitrogens with one attached hydrogen (secondary N) is 1. The average Bonchev–Trinajstić information content (AvgIpc) is 2.74. The van der Waals surface area contributed by atoms with Crippen molar-refractivity contribution in [2.45, 2.75) is 25.7 Å². The molecule has 16 heavy (non-hydrogen) atoms. The number of rotatable bonds is 5. The molecule has 0 unspecified atom stereocenters. The number of ether oxygens (including phenoxy) is 2. The summed E-state index contributed by atoms with van der Waals surface area (Å²) in [6.45, 7) is 5.12. The Hall–Kier alpha value is -0.970. The molecule has 4 heteroatoms. The molecule has 1 fully saturated rings. The first kappa shape index (κ1) is 11.5. The first-order valence-electron chi connectivity index (χ1n) is 5.66. The van der Waals surface area contributed by atoms with Crippen molar-refractivity contribution in [3.8, 4) is 0 Å². The molecule has 2 rings (SSSR count). The van der Waals surface area contributed by atoms with E-state index in [4.69, 9.17) is 9.47 Å². The Labute approximate surface area is 96.0 Å². The van der Waals surface area contributed by atoms with Gasteiger partial charge in [0.05, 0.1) is 13.2 Å². The van der Waals surface area contributed by atoms with Gasteiger partial charge in [0, 0.05) is 31.9 Å². The summed E-state index contributed by atoms with van der Waals surface area (Å²) < 4.78 is 11.0. The van der Waals surface area contributed by atoms with E-state index in [9.17, 15) is 0 Å². The van der Waals surface area contributed by atoms with Crippen LogP contribution in [0.1, 0.15) is 18.9 Å². The fourth-order valence-electron chi connectivity index (χ4n) is 1.75. The molecule has 0 bridgehead atoms. The number of pyridine rings is 1. The molecule has 88 valence electrons. The normalized spacial score (nSPS) is 18.8. The van der Waals surface area contributed by atoms with Crippen molar-refractivity contribution in [3.63, 3.8) is 0 Å². The van der Waals surface area contributed by atoms with Crippen molar-refractivity contribution in [2.75, 3.05) is 19.8 Å². The van der Waals surface area contributed by atoms with Crippen LogP contribution in [-0.4, -0.2) is 30.5 Å². The molecule has 1 aromatic heterocycles. The molecule has 1 aromatic rings. The summed E-state index contributed by atoms with van der Waals surface area (Å²) in [6, 6.07) is 4.01. The Bertz CT molecular complexity index is 310. The van der Waals surface area contributed by atoms with Gasteiger partial charge in [-0.15, -0.1) is 0 Å². The van der Waals surface area contributed by atoms with Crippen molar-refractivity contribution in [3.05, 3.63) is 30.1 Å². The second-order valence-corrected chi connectivity index (χ2v) is 4.12. The Morgan fingerprint density at radius 1 is 1.44 bits per heavy atom. The lowest BCUT2D eigenvalue weighted by atomic mass is 10.2. The smallest absolute Gasteiger partial charge is 0.166 e. The van der Waals surface area contributed by atoms with Crippen LogP contribution in [0.2, 0.25) is 0 Å². The lowest BCUT2D eigenvalue weighted by Crippen LogP contribution is -2.30. The Morgan fingerprint density at radius 2 is 2.25 bits per heavy atom. The van der Waals surface area contributed by atoms with Crippen LogP contribution in [0.5, 0.6) is 0 Å². The van der Waals surface area contributed by atoms with Crippen molar-refractivity contribution in [2.24, 2.45) is 0 Å². The number of aromatic nitrogens is 1. The molecular formula is C12H18N2O2. The van der Waals surface area contributed by atoms with Crippen LogP contribution < -0.4 is 5.32 Å². The molecule has 0 aromatic carbocycles.